The van der Waals surface area contributed by atoms with E-state index in [1.807, 2.05) is 0 Å². The minimum Gasteiger partial charge on any atom is -0.478 e. The van der Waals surface area contributed by atoms with E-state index in [1.54, 1.807) is 12.1 Å². The molecule has 0 aromatic heterocycles. The maximum atomic E-state index is 13.5. The Hall–Kier alpha value is -1.40. The third-order valence-electron chi connectivity index (χ3n) is 2.24. The van der Waals surface area contributed by atoms with Gasteiger partial charge >= 0.3 is 5.97 Å². The molecule has 0 saturated heterocycles. The van der Waals surface area contributed by atoms with Crippen molar-refractivity contribution in [3.8, 4) is 11.5 Å². The maximum absolute atomic E-state index is 13.5. The standard InChI is InChI=1S/C13H7Br2FO3/c14-8-1-2-11(16)12(6-8)19-10-4-7(13(17)18)3-9(15)5-10/h1-6H,(H,17,18). The molecule has 0 atom stereocenters. The first-order valence-corrected chi connectivity index (χ1v) is 6.71. The van der Waals surface area contributed by atoms with Crippen LogP contribution in [0.4, 0.5) is 4.39 Å². The summed E-state index contributed by atoms with van der Waals surface area (Å²) in [4.78, 5) is 10.9. The third-order valence-corrected chi connectivity index (χ3v) is 3.19. The zero-order valence-corrected chi connectivity index (χ0v) is 12.5. The summed E-state index contributed by atoms with van der Waals surface area (Å²) in [5, 5.41) is 8.94. The second kappa shape index (κ2) is 5.71. The molecule has 3 nitrogen and oxygen atoms in total. The van der Waals surface area contributed by atoms with Gasteiger partial charge in [-0.2, -0.15) is 0 Å². The van der Waals surface area contributed by atoms with Crippen LogP contribution in [0.1, 0.15) is 10.4 Å². The number of carbonyl (C=O) groups is 1. The lowest BCUT2D eigenvalue weighted by Gasteiger charge is -2.08. The van der Waals surface area contributed by atoms with Gasteiger partial charge in [-0.1, -0.05) is 31.9 Å². The summed E-state index contributed by atoms with van der Waals surface area (Å²) in [6.45, 7) is 0. The Morgan fingerprint density at radius 2 is 1.84 bits per heavy atom. The van der Waals surface area contributed by atoms with Crippen molar-refractivity contribution in [2.24, 2.45) is 0 Å². The van der Waals surface area contributed by atoms with Crippen molar-refractivity contribution in [3.63, 3.8) is 0 Å². The van der Waals surface area contributed by atoms with Crippen molar-refractivity contribution in [1.82, 2.24) is 0 Å². The molecule has 0 aliphatic heterocycles. The molecule has 0 saturated carbocycles. The van der Waals surface area contributed by atoms with E-state index in [4.69, 9.17) is 9.84 Å². The molecule has 0 aliphatic rings. The van der Waals surface area contributed by atoms with Crippen molar-refractivity contribution < 1.29 is 19.0 Å². The highest BCUT2D eigenvalue weighted by Crippen LogP contribution is 2.30. The van der Waals surface area contributed by atoms with Gasteiger partial charge in [0.2, 0.25) is 0 Å². The Balaban J connectivity index is 2.38. The average Bonchev–Trinajstić information content (AvgIpc) is 2.33. The van der Waals surface area contributed by atoms with Gasteiger partial charge in [0.05, 0.1) is 5.56 Å². The maximum Gasteiger partial charge on any atom is 0.335 e. The summed E-state index contributed by atoms with van der Waals surface area (Å²) in [6, 6.07) is 8.60. The first-order chi connectivity index (χ1) is 8.95. The molecule has 0 spiro atoms. The first kappa shape index (κ1) is 14.0. The summed E-state index contributed by atoms with van der Waals surface area (Å²) in [7, 11) is 0. The lowest BCUT2D eigenvalue weighted by atomic mass is 10.2. The number of hydrogen-bond donors (Lipinski definition) is 1. The van der Waals surface area contributed by atoms with Crippen LogP contribution in [0.3, 0.4) is 0 Å². The molecule has 0 bridgehead atoms. The minimum absolute atomic E-state index is 0.0174. The molecule has 0 unspecified atom stereocenters. The van der Waals surface area contributed by atoms with E-state index in [1.165, 1.54) is 24.3 Å². The van der Waals surface area contributed by atoms with Gasteiger partial charge in [-0.3, -0.25) is 0 Å². The van der Waals surface area contributed by atoms with Gasteiger partial charge in [0.25, 0.3) is 0 Å². The minimum atomic E-state index is -1.08. The highest BCUT2D eigenvalue weighted by molar-refractivity contribution is 9.10. The molecule has 19 heavy (non-hydrogen) atoms. The number of carboxylic acids is 1. The molecule has 0 heterocycles. The molecule has 6 heteroatoms. The first-order valence-electron chi connectivity index (χ1n) is 5.12. The fourth-order valence-electron chi connectivity index (χ4n) is 1.43. The quantitative estimate of drug-likeness (QED) is 0.816. The van der Waals surface area contributed by atoms with Gasteiger partial charge in [0.1, 0.15) is 5.75 Å². The SMILES string of the molecule is O=C(O)c1cc(Br)cc(Oc2cc(Br)ccc2F)c1. The topological polar surface area (TPSA) is 46.5 Å². The van der Waals surface area contributed by atoms with Crippen LogP contribution in [0.25, 0.3) is 0 Å². The largest absolute Gasteiger partial charge is 0.478 e. The molecule has 2 aromatic carbocycles. The Labute approximate surface area is 125 Å². The van der Waals surface area contributed by atoms with Crippen LogP contribution in [-0.2, 0) is 0 Å². The van der Waals surface area contributed by atoms with Crippen LogP contribution in [-0.4, -0.2) is 11.1 Å². The summed E-state index contributed by atoms with van der Waals surface area (Å²) in [5.74, 6) is -1.35. The molecule has 0 radical (unpaired) electrons. The Morgan fingerprint density at radius 1 is 1.11 bits per heavy atom. The molecule has 0 amide bonds. The van der Waals surface area contributed by atoms with Crippen LogP contribution in [0.2, 0.25) is 0 Å². The Morgan fingerprint density at radius 3 is 2.53 bits per heavy atom. The second-order valence-corrected chi connectivity index (χ2v) is 5.49. The molecular formula is C13H7Br2FO3. The smallest absolute Gasteiger partial charge is 0.335 e. The number of ether oxygens (including phenoxy) is 1. The lowest BCUT2D eigenvalue weighted by Crippen LogP contribution is -1.97. The summed E-state index contributed by atoms with van der Waals surface area (Å²) >= 11 is 6.39. The number of hydrogen-bond acceptors (Lipinski definition) is 2. The highest BCUT2D eigenvalue weighted by Gasteiger charge is 2.10. The normalized spacial score (nSPS) is 10.3. The Bertz CT molecular complexity index is 644. The van der Waals surface area contributed by atoms with Crippen LogP contribution in [0.5, 0.6) is 11.5 Å². The van der Waals surface area contributed by atoms with Crippen LogP contribution in [0.15, 0.2) is 45.3 Å². The molecule has 0 aliphatic carbocycles. The zero-order valence-electron chi connectivity index (χ0n) is 9.36. The van der Waals surface area contributed by atoms with Crippen molar-refractivity contribution in [2.75, 3.05) is 0 Å². The predicted octanol–water partition coefficient (Wildman–Crippen LogP) is 4.84. The van der Waals surface area contributed by atoms with Crippen molar-refractivity contribution in [1.29, 1.82) is 0 Å². The molecular weight excluding hydrogens is 383 g/mol. The lowest BCUT2D eigenvalue weighted by molar-refractivity contribution is 0.0696. The van der Waals surface area contributed by atoms with Crippen LogP contribution in [0, 0.1) is 5.82 Å². The number of carboxylic acid groups (broad SMARTS) is 1. The zero-order chi connectivity index (χ0) is 14.0. The van der Waals surface area contributed by atoms with Crippen LogP contribution < -0.4 is 4.74 Å². The van der Waals surface area contributed by atoms with Gasteiger partial charge in [-0.15, -0.1) is 0 Å². The molecule has 98 valence electrons. The summed E-state index contributed by atoms with van der Waals surface area (Å²) < 4.78 is 20.1. The monoisotopic (exact) mass is 388 g/mol. The summed E-state index contributed by atoms with van der Waals surface area (Å²) in [6.07, 6.45) is 0. The van der Waals surface area contributed by atoms with Gasteiger partial charge in [-0.25, -0.2) is 9.18 Å². The van der Waals surface area contributed by atoms with Crippen molar-refractivity contribution in [3.05, 3.63) is 56.7 Å². The molecule has 2 aromatic rings. The summed E-state index contributed by atoms with van der Waals surface area (Å²) in [5.41, 5.74) is 0.0554. The van der Waals surface area contributed by atoms with Gasteiger partial charge in [0, 0.05) is 8.95 Å². The van der Waals surface area contributed by atoms with Gasteiger partial charge in [-0.05, 0) is 36.4 Å². The van der Waals surface area contributed by atoms with E-state index in [0.717, 1.165) is 0 Å². The van der Waals surface area contributed by atoms with E-state index in [0.29, 0.717) is 8.95 Å². The second-order valence-electron chi connectivity index (χ2n) is 3.66. The molecule has 1 N–H and O–H groups in total. The molecule has 0 fully saturated rings. The van der Waals surface area contributed by atoms with E-state index in [2.05, 4.69) is 31.9 Å². The number of halogens is 3. The van der Waals surface area contributed by atoms with Crippen molar-refractivity contribution in [2.45, 2.75) is 0 Å². The van der Waals surface area contributed by atoms with Crippen LogP contribution >= 0.6 is 31.9 Å². The van der Waals surface area contributed by atoms with E-state index < -0.39 is 11.8 Å². The average molecular weight is 390 g/mol. The number of rotatable bonds is 3. The third kappa shape index (κ3) is 3.54. The fraction of sp³-hybridized carbons (Fsp3) is 0. The number of aromatic carboxylic acids is 1. The predicted molar refractivity (Wildman–Crippen MR) is 75.3 cm³/mol. The van der Waals surface area contributed by atoms with Gasteiger partial charge in [0.15, 0.2) is 11.6 Å². The highest BCUT2D eigenvalue weighted by atomic mass is 79.9. The van der Waals surface area contributed by atoms with Crippen molar-refractivity contribution >= 4 is 37.8 Å². The van der Waals surface area contributed by atoms with E-state index >= 15 is 0 Å². The fourth-order valence-corrected chi connectivity index (χ4v) is 2.24. The number of benzene rings is 2. The van der Waals surface area contributed by atoms with Gasteiger partial charge < -0.3 is 9.84 Å². The molecule has 2 rings (SSSR count). The van der Waals surface area contributed by atoms with E-state index in [9.17, 15) is 9.18 Å². The van der Waals surface area contributed by atoms with E-state index in [-0.39, 0.29) is 17.1 Å². The Kier molecular flexibility index (Phi) is 4.21.